The van der Waals surface area contributed by atoms with Gasteiger partial charge in [-0.2, -0.15) is 0 Å². The van der Waals surface area contributed by atoms with Crippen LogP contribution in [0.2, 0.25) is 0 Å². The smallest absolute Gasteiger partial charge is 0.0367 e. The third-order valence-electron chi connectivity index (χ3n) is 7.27. The van der Waals surface area contributed by atoms with Gasteiger partial charge in [0.05, 0.1) is 0 Å². The first-order valence-corrected chi connectivity index (χ1v) is 12.4. The maximum Gasteiger partial charge on any atom is 0.0367 e. The zero-order valence-electron chi connectivity index (χ0n) is 20.8. The minimum Gasteiger partial charge on any atom is -0.391 e. The van der Waals surface area contributed by atoms with Crippen LogP contribution in [-0.4, -0.2) is 44.7 Å². The highest BCUT2D eigenvalue weighted by atomic mass is 15.2. The molecule has 0 atom stereocenters. The third kappa shape index (κ3) is 6.87. The van der Waals surface area contributed by atoms with Crippen molar-refractivity contribution in [3.8, 4) is 11.1 Å². The van der Waals surface area contributed by atoms with Crippen LogP contribution >= 0.6 is 0 Å². The van der Waals surface area contributed by atoms with Gasteiger partial charge in [-0.3, -0.25) is 0 Å². The average molecular weight is 434 g/mol. The van der Waals surface area contributed by atoms with Crippen LogP contribution in [0.3, 0.4) is 0 Å². The molecule has 32 heavy (non-hydrogen) atoms. The van der Waals surface area contributed by atoms with Gasteiger partial charge in [0.1, 0.15) is 0 Å². The largest absolute Gasteiger partial charge is 0.391 e. The number of likely N-dealkylation sites (N-methyl/N-ethyl adjacent to an activating group) is 1. The second-order valence-corrected chi connectivity index (χ2v) is 9.69. The average Bonchev–Trinajstić information content (AvgIpc) is 2.82. The van der Waals surface area contributed by atoms with Gasteiger partial charge < -0.3 is 15.1 Å². The number of hydrogen-bond acceptors (Lipinski definition) is 3. The van der Waals surface area contributed by atoms with Crippen molar-refractivity contribution >= 4 is 5.69 Å². The lowest BCUT2D eigenvalue weighted by molar-refractivity contribution is 0.313. The highest BCUT2D eigenvalue weighted by Gasteiger charge is 2.14. The molecule has 2 aromatic rings. The van der Waals surface area contributed by atoms with Crippen molar-refractivity contribution in [2.45, 2.75) is 52.9 Å². The summed E-state index contributed by atoms with van der Waals surface area (Å²) in [5.74, 6) is 0.923. The van der Waals surface area contributed by atoms with Gasteiger partial charge in [0, 0.05) is 38.4 Å². The van der Waals surface area contributed by atoms with E-state index in [9.17, 15) is 0 Å². The van der Waals surface area contributed by atoms with Crippen LogP contribution in [0.1, 0.15) is 48.8 Å². The summed E-state index contributed by atoms with van der Waals surface area (Å²) in [5.41, 5.74) is 8.13. The molecule has 1 aliphatic heterocycles. The molecule has 0 aromatic heterocycles. The van der Waals surface area contributed by atoms with Crippen LogP contribution in [0, 0.1) is 26.7 Å². The quantitative estimate of drug-likeness (QED) is 0.594. The van der Waals surface area contributed by atoms with Gasteiger partial charge >= 0.3 is 0 Å². The third-order valence-corrected chi connectivity index (χ3v) is 7.27. The van der Waals surface area contributed by atoms with Gasteiger partial charge in [0.25, 0.3) is 0 Å². The number of nitrogens with zero attached hydrogens (tertiary/aromatic N) is 2. The van der Waals surface area contributed by atoms with E-state index < -0.39 is 0 Å². The second kappa shape index (κ2) is 12.1. The molecule has 0 radical (unpaired) electrons. The van der Waals surface area contributed by atoms with Gasteiger partial charge in [0.15, 0.2) is 0 Å². The summed E-state index contributed by atoms with van der Waals surface area (Å²) < 4.78 is 0. The molecule has 1 N–H and O–H groups in total. The molecule has 174 valence electrons. The number of aryl methyl sites for hydroxylation is 2. The summed E-state index contributed by atoms with van der Waals surface area (Å²) in [6, 6.07) is 13.7. The van der Waals surface area contributed by atoms with Crippen LogP contribution in [-0.2, 0) is 0 Å². The van der Waals surface area contributed by atoms with Crippen molar-refractivity contribution in [2.24, 2.45) is 5.92 Å². The van der Waals surface area contributed by atoms with Crippen LogP contribution < -0.4 is 10.2 Å². The number of benzene rings is 2. The molecule has 1 saturated heterocycles. The number of rotatable bonds is 5. The number of hydrogen-bond donors (Lipinski definition) is 1. The molecule has 0 amide bonds. The summed E-state index contributed by atoms with van der Waals surface area (Å²) in [4.78, 5) is 4.87. The summed E-state index contributed by atoms with van der Waals surface area (Å²) in [6.45, 7) is 15.9. The zero-order valence-corrected chi connectivity index (χ0v) is 20.8. The summed E-state index contributed by atoms with van der Waals surface area (Å²) in [6.07, 6.45) is 8.95. The first kappa shape index (κ1) is 24.4. The maximum atomic E-state index is 3.63. The van der Waals surface area contributed by atoms with E-state index in [1.54, 1.807) is 6.20 Å². The van der Waals surface area contributed by atoms with Gasteiger partial charge in [-0.05, 0) is 92.7 Å². The molecule has 0 spiro atoms. The predicted octanol–water partition coefficient (Wildman–Crippen LogP) is 6.33. The minimum atomic E-state index is 0.923. The number of anilines is 1. The van der Waals surface area contributed by atoms with Crippen LogP contribution in [0.5, 0.6) is 0 Å². The Morgan fingerprint density at radius 2 is 1.47 bits per heavy atom. The number of piperazine rings is 1. The molecular weight excluding hydrogens is 390 g/mol. The Morgan fingerprint density at radius 1 is 0.875 bits per heavy atom. The van der Waals surface area contributed by atoms with Gasteiger partial charge in [-0.1, -0.05) is 50.1 Å². The van der Waals surface area contributed by atoms with Crippen molar-refractivity contribution in [1.29, 1.82) is 0 Å². The summed E-state index contributed by atoms with van der Waals surface area (Å²) in [5, 5.41) is 3.18. The second-order valence-electron chi connectivity index (χ2n) is 9.69. The fourth-order valence-corrected chi connectivity index (χ4v) is 4.77. The Kier molecular flexibility index (Phi) is 9.23. The Morgan fingerprint density at radius 3 is 2.03 bits per heavy atom. The zero-order chi connectivity index (χ0) is 22.9. The molecule has 2 aliphatic rings. The lowest BCUT2D eigenvalue weighted by Gasteiger charge is -2.34. The Labute approximate surface area is 196 Å². The van der Waals surface area contributed by atoms with E-state index in [2.05, 4.69) is 85.9 Å². The van der Waals surface area contributed by atoms with Gasteiger partial charge in [-0.25, -0.2) is 0 Å². The molecular formula is C29H43N3. The first-order valence-electron chi connectivity index (χ1n) is 12.4. The van der Waals surface area contributed by atoms with E-state index in [1.165, 1.54) is 65.6 Å². The van der Waals surface area contributed by atoms with Crippen molar-refractivity contribution in [2.75, 3.05) is 44.7 Å². The lowest BCUT2D eigenvalue weighted by Crippen LogP contribution is -2.44. The summed E-state index contributed by atoms with van der Waals surface area (Å²) in [7, 11) is 2.20. The molecule has 2 aromatic carbocycles. The Bertz CT molecular complexity index is 818. The molecule has 4 rings (SSSR count). The predicted molar refractivity (Wildman–Crippen MR) is 141 cm³/mol. The molecule has 3 heteroatoms. The normalized spacial score (nSPS) is 17.4. The van der Waals surface area contributed by atoms with Crippen LogP contribution in [0.4, 0.5) is 5.69 Å². The molecule has 0 bridgehead atoms. The van der Waals surface area contributed by atoms with E-state index in [-0.39, 0.29) is 0 Å². The molecule has 0 unspecified atom stereocenters. The van der Waals surface area contributed by atoms with Crippen LogP contribution in [0.15, 0.2) is 49.2 Å². The summed E-state index contributed by atoms with van der Waals surface area (Å²) >= 11 is 0. The first-order chi connectivity index (χ1) is 15.5. The fraction of sp³-hybridized carbons (Fsp3) is 0.517. The topological polar surface area (TPSA) is 18.5 Å². The van der Waals surface area contributed by atoms with Crippen LogP contribution in [0.25, 0.3) is 11.1 Å². The lowest BCUT2D eigenvalue weighted by atomic mass is 9.89. The van der Waals surface area contributed by atoms with E-state index in [0.29, 0.717) is 0 Å². The highest BCUT2D eigenvalue weighted by molar-refractivity contribution is 5.68. The highest BCUT2D eigenvalue weighted by Crippen LogP contribution is 2.27. The van der Waals surface area contributed by atoms with Gasteiger partial charge in [-0.15, -0.1) is 0 Å². The van der Waals surface area contributed by atoms with Crippen molar-refractivity contribution in [3.05, 3.63) is 65.9 Å². The monoisotopic (exact) mass is 433 g/mol. The van der Waals surface area contributed by atoms with Crippen molar-refractivity contribution in [3.63, 3.8) is 0 Å². The SMILES string of the molecule is C=CNCC1CCCCC1.Cc1cc(-c2ccc(N3CCN(C)CC3)cc2)cc(C)c1C. The van der Waals surface area contributed by atoms with Gasteiger partial charge in [0.2, 0.25) is 0 Å². The molecule has 1 heterocycles. The Balaban J connectivity index is 0.000000243. The fourth-order valence-electron chi connectivity index (χ4n) is 4.77. The van der Waals surface area contributed by atoms with Crippen molar-refractivity contribution < 1.29 is 0 Å². The van der Waals surface area contributed by atoms with Crippen molar-refractivity contribution in [1.82, 2.24) is 10.2 Å². The molecule has 3 nitrogen and oxygen atoms in total. The number of nitrogens with one attached hydrogen (secondary N) is 1. The molecule has 2 fully saturated rings. The Hall–Kier alpha value is -2.26. The van der Waals surface area contributed by atoms with E-state index >= 15 is 0 Å². The van der Waals surface area contributed by atoms with E-state index in [1.807, 2.05) is 0 Å². The standard InChI is InChI=1S/C20H26N2.C9H17N/c1-15-13-19(14-16(2)17(15)3)18-5-7-20(8-6-18)22-11-9-21(4)10-12-22;1-2-10-8-9-6-4-3-5-7-9/h5-8,13-14H,9-12H2,1-4H3;2,9-10H,1,3-8H2. The molecule has 1 saturated carbocycles. The maximum absolute atomic E-state index is 3.63. The van der Waals surface area contributed by atoms with E-state index in [4.69, 9.17) is 0 Å². The molecule has 1 aliphatic carbocycles. The minimum absolute atomic E-state index is 0.923. The van der Waals surface area contributed by atoms with E-state index in [0.717, 1.165) is 38.6 Å².